The van der Waals surface area contributed by atoms with Gasteiger partial charge in [-0.25, -0.2) is 0 Å². The fourth-order valence-corrected chi connectivity index (χ4v) is 2.26. The third-order valence-corrected chi connectivity index (χ3v) is 2.91. The van der Waals surface area contributed by atoms with E-state index in [9.17, 15) is 19.2 Å². The Morgan fingerprint density at radius 3 is 1.70 bits per heavy atom. The van der Waals surface area contributed by atoms with Crippen LogP contribution >= 0.6 is 0 Å². The average Bonchev–Trinajstić information content (AvgIpc) is 2.65. The van der Waals surface area contributed by atoms with Crippen molar-refractivity contribution in [3.05, 3.63) is 0 Å². The number of carbonyl (C=O) groups excluding carboxylic acids is 4. The minimum atomic E-state index is -1.27. The smallest absolute Gasteiger partial charge is 0.305 e. The second-order valence-electron chi connectivity index (χ2n) is 5.04. The molecule has 0 aromatic heterocycles. The molecule has 9 heteroatoms. The largest absolute Gasteiger partial charge is 0.460 e. The van der Waals surface area contributed by atoms with Gasteiger partial charge in [-0.15, -0.1) is 0 Å². The summed E-state index contributed by atoms with van der Waals surface area (Å²) < 4.78 is 25.6. The number of rotatable bonds is 5. The fourth-order valence-electron chi connectivity index (χ4n) is 2.26. The SMILES string of the molecule is CC(=O)OC1C(OC(C)=O)[C@@H]([C@H](C)OC(C)=O)O[C@H]1OC(C)=O. The molecule has 0 amide bonds. The van der Waals surface area contributed by atoms with Crippen molar-refractivity contribution in [2.24, 2.45) is 0 Å². The van der Waals surface area contributed by atoms with Crippen LogP contribution in [-0.4, -0.2) is 54.6 Å². The van der Waals surface area contributed by atoms with Crippen LogP contribution in [0.25, 0.3) is 0 Å². The second kappa shape index (κ2) is 7.91. The molecule has 0 saturated carbocycles. The van der Waals surface area contributed by atoms with Crippen molar-refractivity contribution in [3.8, 4) is 0 Å². The van der Waals surface area contributed by atoms with Crippen molar-refractivity contribution in [2.45, 2.75) is 65.3 Å². The zero-order valence-corrected chi connectivity index (χ0v) is 13.6. The van der Waals surface area contributed by atoms with E-state index in [1.54, 1.807) is 0 Å². The molecule has 1 fully saturated rings. The van der Waals surface area contributed by atoms with Gasteiger partial charge in [0.25, 0.3) is 0 Å². The van der Waals surface area contributed by atoms with Crippen LogP contribution in [0.4, 0.5) is 0 Å². The topological polar surface area (TPSA) is 114 Å². The van der Waals surface area contributed by atoms with Gasteiger partial charge >= 0.3 is 23.9 Å². The predicted octanol–water partition coefficient (Wildman–Crippen LogP) is 0.0894. The lowest BCUT2D eigenvalue weighted by Gasteiger charge is -2.25. The maximum atomic E-state index is 11.3. The van der Waals surface area contributed by atoms with E-state index in [1.165, 1.54) is 13.8 Å². The first-order valence-corrected chi connectivity index (χ1v) is 6.96. The van der Waals surface area contributed by atoms with Gasteiger partial charge < -0.3 is 23.7 Å². The van der Waals surface area contributed by atoms with Gasteiger partial charge in [0, 0.05) is 27.7 Å². The van der Waals surface area contributed by atoms with Crippen LogP contribution in [0.3, 0.4) is 0 Å². The Morgan fingerprint density at radius 1 is 0.783 bits per heavy atom. The van der Waals surface area contributed by atoms with E-state index < -0.39 is 54.6 Å². The van der Waals surface area contributed by atoms with Crippen molar-refractivity contribution in [1.82, 2.24) is 0 Å². The van der Waals surface area contributed by atoms with Crippen LogP contribution in [-0.2, 0) is 42.9 Å². The molecule has 2 unspecified atom stereocenters. The molecule has 0 aliphatic carbocycles. The standard InChI is InChI=1S/C14H20O9/c1-6(19-7(2)15)11-12(20-8(3)16)13(21-9(4)17)14(23-11)22-10(5)18/h6,11-14H,1-5H3/t6-,11+,12?,13?,14+/m0/s1. The summed E-state index contributed by atoms with van der Waals surface area (Å²) in [5.74, 6) is -2.56. The van der Waals surface area contributed by atoms with Crippen LogP contribution in [0.1, 0.15) is 34.6 Å². The van der Waals surface area contributed by atoms with Gasteiger partial charge in [-0.05, 0) is 6.92 Å². The number of ether oxygens (including phenoxy) is 5. The molecule has 9 nitrogen and oxygen atoms in total. The van der Waals surface area contributed by atoms with E-state index in [1.807, 2.05) is 0 Å². The lowest BCUT2D eigenvalue weighted by molar-refractivity contribution is -0.200. The number of hydrogen-bond acceptors (Lipinski definition) is 9. The van der Waals surface area contributed by atoms with Gasteiger partial charge in [-0.2, -0.15) is 0 Å². The Balaban J connectivity index is 3.06. The molecule has 0 aromatic rings. The Hall–Kier alpha value is -2.16. The molecule has 1 aliphatic heterocycles. The molecule has 1 heterocycles. The minimum Gasteiger partial charge on any atom is -0.460 e. The Morgan fingerprint density at radius 2 is 1.26 bits per heavy atom. The lowest BCUT2D eigenvalue weighted by Crippen LogP contribution is -2.44. The molecule has 1 saturated heterocycles. The van der Waals surface area contributed by atoms with Gasteiger partial charge in [0.2, 0.25) is 12.4 Å². The maximum Gasteiger partial charge on any atom is 0.305 e. The van der Waals surface area contributed by atoms with Crippen LogP contribution in [0.2, 0.25) is 0 Å². The van der Waals surface area contributed by atoms with E-state index in [0.29, 0.717) is 0 Å². The van der Waals surface area contributed by atoms with Crippen molar-refractivity contribution >= 4 is 23.9 Å². The first kappa shape index (κ1) is 18.9. The van der Waals surface area contributed by atoms with Crippen LogP contribution in [0.5, 0.6) is 0 Å². The van der Waals surface area contributed by atoms with Gasteiger partial charge in [-0.3, -0.25) is 19.2 Å². The van der Waals surface area contributed by atoms with E-state index in [2.05, 4.69) is 0 Å². The van der Waals surface area contributed by atoms with Gasteiger partial charge in [0.15, 0.2) is 6.10 Å². The summed E-state index contributed by atoms with van der Waals surface area (Å²) >= 11 is 0. The molecule has 23 heavy (non-hydrogen) atoms. The molecule has 1 aliphatic rings. The Kier molecular flexibility index (Phi) is 6.49. The first-order chi connectivity index (χ1) is 10.6. The highest BCUT2D eigenvalue weighted by Gasteiger charge is 2.53. The normalized spacial score (nSPS) is 27.7. The van der Waals surface area contributed by atoms with E-state index in [4.69, 9.17) is 23.7 Å². The highest BCUT2D eigenvalue weighted by molar-refractivity contribution is 5.68. The molecular weight excluding hydrogens is 312 g/mol. The zero-order chi connectivity index (χ0) is 17.7. The molecule has 130 valence electrons. The molecule has 0 aromatic carbocycles. The van der Waals surface area contributed by atoms with Crippen molar-refractivity contribution in [2.75, 3.05) is 0 Å². The zero-order valence-electron chi connectivity index (χ0n) is 13.6. The molecule has 0 N–H and O–H groups in total. The highest BCUT2D eigenvalue weighted by Crippen LogP contribution is 2.31. The summed E-state index contributed by atoms with van der Waals surface area (Å²) in [4.78, 5) is 44.9. The summed E-state index contributed by atoms with van der Waals surface area (Å²) in [5, 5.41) is 0. The van der Waals surface area contributed by atoms with Gasteiger partial charge in [0.1, 0.15) is 12.2 Å². The second-order valence-corrected chi connectivity index (χ2v) is 5.04. The van der Waals surface area contributed by atoms with Gasteiger partial charge in [0.05, 0.1) is 0 Å². The van der Waals surface area contributed by atoms with E-state index >= 15 is 0 Å². The van der Waals surface area contributed by atoms with Crippen molar-refractivity contribution in [3.63, 3.8) is 0 Å². The molecular formula is C14H20O9. The van der Waals surface area contributed by atoms with Crippen LogP contribution < -0.4 is 0 Å². The first-order valence-electron chi connectivity index (χ1n) is 6.96. The van der Waals surface area contributed by atoms with Crippen LogP contribution in [0.15, 0.2) is 0 Å². The summed E-state index contributed by atoms with van der Waals surface area (Å²) in [5.41, 5.74) is 0. The fraction of sp³-hybridized carbons (Fsp3) is 0.714. The summed E-state index contributed by atoms with van der Waals surface area (Å²) in [6.45, 7) is 6.19. The molecule has 0 spiro atoms. The summed E-state index contributed by atoms with van der Waals surface area (Å²) in [6, 6.07) is 0. The maximum absolute atomic E-state index is 11.3. The molecule has 5 atom stereocenters. The Bertz CT molecular complexity index is 487. The predicted molar refractivity (Wildman–Crippen MR) is 72.8 cm³/mol. The number of esters is 4. The highest BCUT2D eigenvalue weighted by atomic mass is 16.8. The Labute approximate surface area is 133 Å². The summed E-state index contributed by atoms with van der Waals surface area (Å²) in [6.07, 6.45) is -5.31. The lowest BCUT2D eigenvalue weighted by atomic mass is 10.1. The number of hydrogen-bond donors (Lipinski definition) is 0. The van der Waals surface area contributed by atoms with Crippen molar-refractivity contribution < 1.29 is 42.9 Å². The van der Waals surface area contributed by atoms with Gasteiger partial charge in [-0.1, -0.05) is 0 Å². The molecule has 1 rings (SSSR count). The van der Waals surface area contributed by atoms with Crippen molar-refractivity contribution in [1.29, 1.82) is 0 Å². The average molecular weight is 332 g/mol. The number of carbonyl (C=O) groups is 4. The minimum absolute atomic E-state index is 0.567. The molecule has 0 bridgehead atoms. The monoisotopic (exact) mass is 332 g/mol. The third-order valence-electron chi connectivity index (χ3n) is 2.91. The quantitative estimate of drug-likeness (QED) is 0.510. The van der Waals surface area contributed by atoms with E-state index in [0.717, 1.165) is 20.8 Å². The molecule has 0 radical (unpaired) electrons. The van der Waals surface area contributed by atoms with E-state index in [-0.39, 0.29) is 0 Å². The van der Waals surface area contributed by atoms with Crippen LogP contribution in [0, 0.1) is 0 Å². The third kappa shape index (κ3) is 5.51. The summed E-state index contributed by atoms with van der Waals surface area (Å²) in [7, 11) is 0.